The van der Waals surface area contributed by atoms with Gasteiger partial charge in [0.05, 0.1) is 0 Å². The van der Waals surface area contributed by atoms with Gasteiger partial charge in [-0.2, -0.15) is 4.39 Å². The summed E-state index contributed by atoms with van der Waals surface area (Å²) in [6, 6.07) is 9.45. The Labute approximate surface area is 114 Å². The molecule has 0 heterocycles. The second-order valence-corrected chi connectivity index (χ2v) is 5.26. The van der Waals surface area contributed by atoms with Gasteiger partial charge >= 0.3 is 5.51 Å². The van der Waals surface area contributed by atoms with Gasteiger partial charge in [-0.25, -0.2) is 4.39 Å². The molecule has 1 nitrogen and oxygen atoms in total. The molecule has 0 spiro atoms. The average molecular weight is 306 g/mol. The molecule has 1 unspecified atom stereocenters. The minimum absolute atomic E-state index is 0.189. The third kappa shape index (κ3) is 2.78. The molecule has 0 aromatic heterocycles. The number of hydrogen-bond acceptors (Lipinski definition) is 1. The van der Waals surface area contributed by atoms with E-state index in [-0.39, 0.29) is 5.56 Å². The lowest BCUT2D eigenvalue weighted by Crippen LogP contribution is -2.24. The van der Waals surface area contributed by atoms with Gasteiger partial charge in [-0.1, -0.05) is 30.3 Å². The van der Waals surface area contributed by atoms with Crippen molar-refractivity contribution in [1.82, 2.24) is 0 Å². The van der Waals surface area contributed by atoms with E-state index < -0.39 is 33.2 Å². The summed E-state index contributed by atoms with van der Waals surface area (Å²) in [5, 5.41) is 0. The average Bonchev–Trinajstić information content (AvgIpc) is 2.41. The fraction of sp³-hybridized carbons (Fsp3) is 0.0769. The van der Waals surface area contributed by atoms with Gasteiger partial charge in [0, 0.05) is 5.56 Å². The molecule has 2 aromatic carbocycles. The molecule has 0 radical (unpaired) electrons. The second kappa shape index (κ2) is 5.41. The van der Waals surface area contributed by atoms with Gasteiger partial charge in [-0.3, -0.25) is 0 Å². The van der Waals surface area contributed by atoms with E-state index in [0.717, 1.165) is 6.07 Å². The molecular weight excluding hydrogens is 299 g/mol. The van der Waals surface area contributed by atoms with Crippen LogP contribution in [0.1, 0.15) is 0 Å². The zero-order valence-electron chi connectivity index (χ0n) is 9.75. The maximum absolute atomic E-state index is 13.8. The van der Waals surface area contributed by atoms with Crippen molar-refractivity contribution in [2.24, 2.45) is 0 Å². The van der Waals surface area contributed by atoms with E-state index >= 15 is 0 Å². The Bertz CT molecular complexity index is 612. The molecule has 0 aliphatic heterocycles. The zero-order chi connectivity index (χ0) is 14.9. The van der Waals surface area contributed by atoms with Crippen molar-refractivity contribution in [2.75, 3.05) is 0 Å². The van der Waals surface area contributed by atoms with Crippen LogP contribution < -0.4 is 0 Å². The van der Waals surface area contributed by atoms with E-state index in [0.29, 0.717) is 11.6 Å². The van der Waals surface area contributed by atoms with Crippen LogP contribution in [0, 0.1) is 11.6 Å². The van der Waals surface area contributed by atoms with Crippen molar-refractivity contribution in [3.8, 4) is 11.1 Å². The highest BCUT2D eigenvalue weighted by Gasteiger charge is 2.48. The summed E-state index contributed by atoms with van der Waals surface area (Å²) in [6.45, 7) is 0. The summed E-state index contributed by atoms with van der Waals surface area (Å²) in [5.41, 5.74) is -5.01. The topological polar surface area (TPSA) is 23.1 Å². The van der Waals surface area contributed by atoms with Gasteiger partial charge in [-0.15, -0.1) is 13.2 Å². The summed E-state index contributed by atoms with van der Waals surface area (Å²) in [5.74, 6) is -3.20. The molecule has 0 saturated heterocycles. The first-order valence-electron chi connectivity index (χ1n) is 5.34. The Morgan fingerprint density at radius 1 is 0.850 bits per heavy atom. The van der Waals surface area contributed by atoms with Gasteiger partial charge in [0.1, 0.15) is 11.2 Å². The quantitative estimate of drug-likeness (QED) is 0.600. The molecule has 1 atom stereocenters. The Morgan fingerprint density at radius 3 is 2.00 bits per heavy atom. The maximum Gasteiger partial charge on any atom is 0.578 e. The van der Waals surface area contributed by atoms with Crippen LogP contribution in [0.3, 0.4) is 0 Å². The molecule has 0 amide bonds. The minimum Gasteiger partial charge on any atom is -0.604 e. The standard InChI is InChI=1S/C13H7F5OS/c14-11-9(8-4-2-1-3-5-8)6-7-10(12(11)15)20(19)13(16,17)18/h1-7H. The Morgan fingerprint density at radius 2 is 1.45 bits per heavy atom. The molecule has 0 aliphatic rings. The summed E-state index contributed by atoms with van der Waals surface area (Å²) < 4.78 is 75.4. The van der Waals surface area contributed by atoms with Gasteiger partial charge in [-0.05, 0) is 17.7 Å². The van der Waals surface area contributed by atoms with Crippen LogP contribution in [-0.2, 0) is 11.2 Å². The van der Waals surface area contributed by atoms with Crippen LogP contribution in [0.25, 0.3) is 11.1 Å². The molecule has 0 aliphatic carbocycles. The maximum atomic E-state index is 13.8. The fourth-order valence-corrected chi connectivity index (χ4v) is 2.33. The van der Waals surface area contributed by atoms with Crippen LogP contribution in [-0.4, -0.2) is 10.1 Å². The van der Waals surface area contributed by atoms with Crippen LogP contribution in [0.4, 0.5) is 22.0 Å². The van der Waals surface area contributed by atoms with E-state index in [4.69, 9.17) is 0 Å². The first-order valence-corrected chi connectivity index (χ1v) is 6.49. The van der Waals surface area contributed by atoms with Crippen LogP contribution >= 0.6 is 0 Å². The first-order chi connectivity index (χ1) is 9.32. The molecule has 0 bridgehead atoms. The summed E-state index contributed by atoms with van der Waals surface area (Å²) in [7, 11) is 0. The lowest BCUT2D eigenvalue weighted by Gasteiger charge is -2.14. The van der Waals surface area contributed by atoms with Crippen molar-refractivity contribution in [2.45, 2.75) is 10.4 Å². The highest BCUT2D eigenvalue weighted by molar-refractivity contribution is 7.92. The lowest BCUT2D eigenvalue weighted by molar-refractivity contribution is -0.0437. The summed E-state index contributed by atoms with van der Waals surface area (Å²) in [4.78, 5) is -1.21. The number of hydrogen-bond donors (Lipinski definition) is 0. The number of halogens is 5. The van der Waals surface area contributed by atoms with Crippen molar-refractivity contribution >= 4 is 11.2 Å². The molecule has 0 saturated carbocycles. The Balaban J connectivity index is 2.51. The van der Waals surface area contributed by atoms with Crippen molar-refractivity contribution < 1.29 is 26.5 Å². The third-order valence-electron chi connectivity index (χ3n) is 2.54. The summed E-state index contributed by atoms with van der Waals surface area (Å²) >= 11 is -3.60. The van der Waals surface area contributed by atoms with E-state index in [1.807, 2.05) is 0 Å². The van der Waals surface area contributed by atoms with Crippen molar-refractivity contribution in [3.63, 3.8) is 0 Å². The third-order valence-corrected chi connectivity index (χ3v) is 3.68. The van der Waals surface area contributed by atoms with E-state index in [2.05, 4.69) is 0 Å². The predicted molar refractivity (Wildman–Crippen MR) is 64.3 cm³/mol. The van der Waals surface area contributed by atoms with Gasteiger partial charge in [0.15, 0.2) is 5.82 Å². The highest BCUT2D eigenvalue weighted by atomic mass is 32.2. The van der Waals surface area contributed by atoms with E-state index in [1.165, 1.54) is 12.1 Å². The fourth-order valence-electron chi connectivity index (χ4n) is 1.64. The number of benzene rings is 2. The van der Waals surface area contributed by atoms with Gasteiger partial charge in [0.2, 0.25) is 10.7 Å². The Kier molecular flexibility index (Phi) is 4.01. The molecule has 0 N–H and O–H groups in total. The van der Waals surface area contributed by atoms with Crippen LogP contribution in [0.15, 0.2) is 47.4 Å². The SMILES string of the molecule is [O-][S+](c1ccc(-c2ccccc2)c(F)c1F)C(F)(F)F. The smallest absolute Gasteiger partial charge is 0.578 e. The first kappa shape index (κ1) is 14.8. The van der Waals surface area contributed by atoms with E-state index in [1.54, 1.807) is 18.2 Å². The van der Waals surface area contributed by atoms with Crippen molar-refractivity contribution in [1.29, 1.82) is 0 Å². The molecule has 106 valence electrons. The van der Waals surface area contributed by atoms with Crippen molar-refractivity contribution in [3.05, 3.63) is 54.1 Å². The monoisotopic (exact) mass is 306 g/mol. The largest absolute Gasteiger partial charge is 0.604 e. The zero-order valence-corrected chi connectivity index (χ0v) is 10.6. The summed E-state index contributed by atoms with van der Waals surface area (Å²) in [6.07, 6.45) is 0. The van der Waals surface area contributed by atoms with Crippen LogP contribution in [0.2, 0.25) is 0 Å². The number of alkyl halides is 3. The normalized spacial score (nSPS) is 13.3. The Hall–Kier alpha value is -1.60. The molecular formula is C13H7F5OS. The minimum atomic E-state index is -5.14. The molecule has 2 aromatic rings. The van der Waals surface area contributed by atoms with Gasteiger partial charge in [0.25, 0.3) is 0 Å². The molecule has 0 fully saturated rings. The molecule has 7 heteroatoms. The second-order valence-electron chi connectivity index (χ2n) is 3.82. The van der Waals surface area contributed by atoms with Gasteiger partial charge < -0.3 is 4.55 Å². The highest BCUT2D eigenvalue weighted by Crippen LogP contribution is 2.35. The lowest BCUT2D eigenvalue weighted by atomic mass is 10.1. The molecule has 2 rings (SSSR count). The van der Waals surface area contributed by atoms with Crippen LogP contribution in [0.5, 0.6) is 0 Å². The molecule has 20 heavy (non-hydrogen) atoms. The predicted octanol–water partition coefficient (Wildman–Crippen LogP) is 4.26. The number of rotatable bonds is 2. The van der Waals surface area contributed by atoms with E-state index in [9.17, 15) is 26.5 Å².